The monoisotopic (exact) mass is 246 g/mol. The maximum Gasteiger partial charge on any atom is 0.241 e. The molecule has 0 aliphatic rings. The summed E-state index contributed by atoms with van der Waals surface area (Å²) in [5.41, 5.74) is 7.31. The maximum atomic E-state index is 12.0. The van der Waals surface area contributed by atoms with Gasteiger partial charge in [-0.25, -0.2) is 0 Å². The van der Waals surface area contributed by atoms with E-state index in [1.807, 2.05) is 39.0 Å². The fourth-order valence-corrected chi connectivity index (χ4v) is 1.63. The zero-order chi connectivity index (χ0) is 13.3. The van der Waals surface area contributed by atoms with Gasteiger partial charge in [0.05, 0.1) is 17.8 Å². The van der Waals surface area contributed by atoms with Gasteiger partial charge in [-0.2, -0.15) is 5.10 Å². The molecule has 1 amide bonds. The van der Waals surface area contributed by atoms with Crippen LogP contribution in [0.1, 0.15) is 20.8 Å². The number of nitrogens with two attached hydrogens (primary N) is 1. The summed E-state index contributed by atoms with van der Waals surface area (Å²) in [5.74, 6) is -0.176. The lowest BCUT2D eigenvalue weighted by atomic mass is 9.87. The van der Waals surface area contributed by atoms with E-state index >= 15 is 0 Å². The average Bonchev–Trinajstić information content (AvgIpc) is 2.73. The van der Waals surface area contributed by atoms with E-state index in [1.54, 1.807) is 6.20 Å². The number of benzene rings is 1. The molecule has 2 rings (SSSR count). The number of nitrogens with zero attached hydrogens (tertiary/aromatic N) is 1. The van der Waals surface area contributed by atoms with E-state index in [1.165, 1.54) is 0 Å². The Morgan fingerprint density at radius 3 is 2.83 bits per heavy atom. The summed E-state index contributed by atoms with van der Waals surface area (Å²) in [7, 11) is 0. The zero-order valence-corrected chi connectivity index (χ0v) is 10.8. The number of fused-ring (bicyclic) bond motifs is 1. The quantitative estimate of drug-likeness (QED) is 0.756. The minimum Gasteiger partial charge on any atom is -0.325 e. The third-order valence-corrected chi connectivity index (χ3v) is 2.92. The van der Waals surface area contributed by atoms with Crippen LogP contribution < -0.4 is 11.1 Å². The van der Waals surface area contributed by atoms with Gasteiger partial charge in [-0.15, -0.1) is 0 Å². The van der Waals surface area contributed by atoms with Crippen molar-refractivity contribution in [2.75, 3.05) is 5.32 Å². The van der Waals surface area contributed by atoms with Gasteiger partial charge >= 0.3 is 0 Å². The lowest BCUT2D eigenvalue weighted by molar-refractivity contribution is -0.119. The van der Waals surface area contributed by atoms with Gasteiger partial charge in [-0.05, 0) is 23.6 Å². The van der Waals surface area contributed by atoms with Gasteiger partial charge in [0.25, 0.3) is 0 Å². The number of hydrogen-bond donors (Lipinski definition) is 3. The average molecular weight is 246 g/mol. The van der Waals surface area contributed by atoms with Crippen molar-refractivity contribution in [3.63, 3.8) is 0 Å². The van der Waals surface area contributed by atoms with Crippen molar-refractivity contribution < 1.29 is 4.79 Å². The SMILES string of the molecule is CC(C)(C)[C@H](N)C(=O)Nc1ccc2[nH]ncc2c1. The van der Waals surface area contributed by atoms with Crippen molar-refractivity contribution in [3.8, 4) is 0 Å². The summed E-state index contributed by atoms with van der Waals surface area (Å²) in [6, 6.07) is 5.03. The van der Waals surface area contributed by atoms with Crippen LogP contribution in [-0.4, -0.2) is 22.1 Å². The highest BCUT2D eigenvalue weighted by Crippen LogP contribution is 2.20. The van der Waals surface area contributed by atoms with E-state index in [0.717, 1.165) is 16.6 Å². The molecule has 0 saturated heterocycles. The molecule has 1 atom stereocenters. The number of H-pyrrole nitrogens is 1. The van der Waals surface area contributed by atoms with Crippen LogP contribution >= 0.6 is 0 Å². The lowest BCUT2D eigenvalue weighted by Crippen LogP contribution is -2.45. The predicted octanol–water partition coefficient (Wildman–Crippen LogP) is 1.87. The summed E-state index contributed by atoms with van der Waals surface area (Å²) in [5, 5.41) is 10.6. The van der Waals surface area contributed by atoms with E-state index in [2.05, 4.69) is 15.5 Å². The van der Waals surface area contributed by atoms with E-state index in [0.29, 0.717) is 0 Å². The van der Waals surface area contributed by atoms with Gasteiger partial charge in [-0.3, -0.25) is 9.89 Å². The zero-order valence-electron chi connectivity index (χ0n) is 10.8. The first-order chi connectivity index (χ1) is 8.38. The molecule has 96 valence electrons. The van der Waals surface area contributed by atoms with Gasteiger partial charge < -0.3 is 11.1 Å². The van der Waals surface area contributed by atoms with Gasteiger partial charge in [0.15, 0.2) is 0 Å². The molecule has 0 aliphatic carbocycles. The molecule has 0 fully saturated rings. The van der Waals surface area contributed by atoms with Gasteiger partial charge in [0, 0.05) is 11.1 Å². The van der Waals surface area contributed by atoms with Crippen molar-refractivity contribution in [3.05, 3.63) is 24.4 Å². The molecule has 18 heavy (non-hydrogen) atoms. The summed E-state index contributed by atoms with van der Waals surface area (Å²) in [4.78, 5) is 12.0. The van der Waals surface area contributed by atoms with Crippen molar-refractivity contribution in [1.82, 2.24) is 10.2 Å². The minimum absolute atomic E-state index is 0.176. The number of carbonyl (C=O) groups is 1. The molecular formula is C13H18N4O. The summed E-state index contributed by atoms with van der Waals surface area (Å²) < 4.78 is 0. The standard InChI is InChI=1S/C13H18N4O/c1-13(2,3)11(14)12(18)16-9-4-5-10-8(6-9)7-15-17-10/h4-7,11H,14H2,1-3H3,(H,15,17)(H,16,18)/t11-/m1/s1. The number of hydrogen-bond acceptors (Lipinski definition) is 3. The van der Waals surface area contributed by atoms with Gasteiger partial charge in [0.1, 0.15) is 0 Å². The number of nitrogens with one attached hydrogen (secondary N) is 2. The number of amides is 1. The highest BCUT2D eigenvalue weighted by atomic mass is 16.2. The molecule has 0 bridgehead atoms. The number of rotatable bonds is 2. The Balaban J connectivity index is 2.16. The molecule has 5 heteroatoms. The Hall–Kier alpha value is -1.88. The summed E-state index contributed by atoms with van der Waals surface area (Å²) >= 11 is 0. The molecule has 0 saturated carbocycles. The lowest BCUT2D eigenvalue weighted by Gasteiger charge is -2.25. The maximum absolute atomic E-state index is 12.0. The fourth-order valence-electron chi connectivity index (χ4n) is 1.63. The number of aromatic nitrogens is 2. The molecular weight excluding hydrogens is 228 g/mol. The second-order valence-electron chi connectivity index (χ2n) is 5.50. The van der Waals surface area contributed by atoms with Crippen LogP contribution in [0.15, 0.2) is 24.4 Å². The topological polar surface area (TPSA) is 83.8 Å². The van der Waals surface area contributed by atoms with Crippen molar-refractivity contribution in [1.29, 1.82) is 0 Å². The van der Waals surface area contributed by atoms with Crippen molar-refractivity contribution >= 4 is 22.5 Å². The number of carbonyl (C=O) groups excluding carboxylic acids is 1. The minimum atomic E-state index is -0.544. The molecule has 4 N–H and O–H groups in total. The third kappa shape index (κ3) is 2.51. The molecule has 0 spiro atoms. The third-order valence-electron chi connectivity index (χ3n) is 2.92. The molecule has 1 aromatic carbocycles. The predicted molar refractivity (Wildman–Crippen MR) is 72.2 cm³/mol. The van der Waals surface area contributed by atoms with E-state index < -0.39 is 6.04 Å². The highest BCUT2D eigenvalue weighted by molar-refractivity contribution is 5.97. The van der Waals surface area contributed by atoms with Gasteiger partial charge in [0.2, 0.25) is 5.91 Å². The number of aromatic amines is 1. The molecule has 1 aromatic heterocycles. The summed E-state index contributed by atoms with van der Waals surface area (Å²) in [6.45, 7) is 5.82. The Morgan fingerprint density at radius 1 is 1.44 bits per heavy atom. The van der Waals surface area contributed by atoms with Crippen molar-refractivity contribution in [2.24, 2.45) is 11.1 Å². The Kier molecular flexibility index (Phi) is 3.09. The van der Waals surface area contributed by atoms with Crippen LogP contribution in [0, 0.1) is 5.41 Å². The highest BCUT2D eigenvalue weighted by Gasteiger charge is 2.27. The Bertz CT molecular complexity index is 568. The Morgan fingerprint density at radius 2 is 2.17 bits per heavy atom. The van der Waals surface area contributed by atoms with E-state index in [9.17, 15) is 4.79 Å². The first kappa shape index (κ1) is 12.6. The first-order valence-electron chi connectivity index (χ1n) is 5.87. The van der Waals surface area contributed by atoms with Crippen LogP contribution in [0.3, 0.4) is 0 Å². The van der Waals surface area contributed by atoms with Crippen LogP contribution in [0.5, 0.6) is 0 Å². The molecule has 5 nitrogen and oxygen atoms in total. The fraction of sp³-hybridized carbons (Fsp3) is 0.385. The smallest absolute Gasteiger partial charge is 0.241 e. The van der Waals surface area contributed by atoms with E-state index in [4.69, 9.17) is 5.73 Å². The normalized spacial score (nSPS) is 13.6. The molecule has 1 heterocycles. The molecule has 0 radical (unpaired) electrons. The van der Waals surface area contributed by atoms with Crippen molar-refractivity contribution in [2.45, 2.75) is 26.8 Å². The van der Waals surface area contributed by atoms with Crippen LogP contribution in [-0.2, 0) is 4.79 Å². The summed E-state index contributed by atoms with van der Waals surface area (Å²) in [6.07, 6.45) is 1.72. The van der Waals surface area contributed by atoms with E-state index in [-0.39, 0.29) is 11.3 Å². The van der Waals surface area contributed by atoms with Gasteiger partial charge in [-0.1, -0.05) is 20.8 Å². The molecule has 0 unspecified atom stereocenters. The molecule has 0 aliphatic heterocycles. The van der Waals surface area contributed by atoms with Crippen LogP contribution in [0.2, 0.25) is 0 Å². The Labute approximate surface area is 106 Å². The van der Waals surface area contributed by atoms with Crippen LogP contribution in [0.4, 0.5) is 5.69 Å². The largest absolute Gasteiger partial charge is 0.325 e. The first-order valence-corrected chi connectivity index (χ1v) is 5.87. The number of anilines is 1. The second kappa shape index (κ2) is 4.42. The molecule has 2 aromatic rings. The van der Waals surface area contributed by atoms with Crippen LogP contribution in [0.25, 0.3) is 10.9 Å². The second-order valence-corrected chi connectivity index (χ2v) is 5.50.